The Kier molecular flexibility index (Phi) is 5.31. The second-order valence-electron chi connectivity index (χ2n) is 6.62. The molecule has 140 valence electrons. The zero-order valence-corrected chi connectivity index (χ0v) is 15.8. The molecule has 0 aromatic carbocycles. The summed E-state index contributed by atoms with van der Waals surface area (Å²) in [5.74, 6) is 0.485. The zero-order valence-electron chi connectivity index (χ0n) is 15.1. The molecule has 3 rings (SSSR count). The van der Waals surface area contributed by atoms with Crippen molar-refractivity contribution in [3.8, 4) is 0 Å². The molecule has 1 N–H and O–H groups in total. The fourth-order valence-corrected chi connectivity index (χ4v) is 3.40. The molecule has 26 heavy (non-hydrogen) atoms. The molecule has 9 heteroatoms. The van der Waals surface area contributed by atoms with E-state index in [0.29, 0.717) is 37.4 Å². The number of rotatable bonds is 4. The van der Waals surface area contributed by atoms with E-state index in [-0.39, 0.29) is 23.6 Å². The summed E-state index contributed by atoms with van der Waals surface area (Å²) in [7, 11) is 1.71. The lowest BCUT2D eigenvalue weighted by Gasteiger charge is -2.21. The van der Waals surface area contributed by atoms with E-state index in [1.165, 1.54) is 4.68 Å². The van der Waals surface area contributed by atoms with Crippen LogP contribution in [0, 0.1) is 13.8 Å². The van der Waals surface area contributed by atoms with Crippen molar-refractivity contribution in [2.75, 3.05) is 6.54 Å². The van der Waals surface area contributed by atoms with E-state index in [4.69, 9.17) is 16.1 Å². The van der Waals surface area contributed by atoms with Crippen LogP contribution in [0.3, 0.4) is 0 Å². The predicted molar refractivity (Wildman–Crippen MR) is 94.7 cm³/mol. The number of halogens is 1. The van der Waals surface area contributed by atoms with Gasteiger partial charge in [0.2, 0.25) is 5.91 Å². The molecule has 1 fully saturated rings. The SMILES string of the molecule is Cc1noc(C)c1CN1CCC(NC(=O)c2nn(C)cc2Cl)CCC1=O. The Balaban J connectivity index is 1.63. The van der Waals surface area contributed by atoms with Gasteiger partial charge in [0, 0.05) is 37.8 Å². The molecule has 2 aromatic heterocycles. The number of carbonyl (C=O) groups excluding carboxylic acids is 2. The summed E-state index contributed by atoms with van der Waals surface area (Å²) >= 11 is 6.02. The lowest BCUT2D eigenvalue weighted by molar-refractivity contribution is -0.131. The van der Waals surface area contributed by atoms with E-state index in [0.717, 1.165) is 17.0 Å². The number of likely N-dealkylation sites (tertiary alicyclic amines) is 1. The van der Waals surface area contributed by atoms with Gasteiger partial charge in [-0.3, -0.25) is 14.3 Å². The van der Waals surface area contributed by atoms with Gasteiger partial charge in [-0.25, -0.2) is 0 Å². The van der Waals surface area contributed by atoms with E-state index < -0.39 is 0 Å². The first-order valence-electron chi connectivity index (χ1n) is 8.54. The number of aromatic nitrogens is 3. The molecule has 1 unspecified atom stereocenters. The van der Waals surface area contributed by atoms with Gasteiger partial charge in [-0.05, 0) is 26.7 Å². The largest absolute Gasteiger partial charge is 0.361 e. The molecule has 2 aromatic rings. The summed E-state index contributed by atoms with van der Waals surface area (Å²) in [4.78, 5) is 26.6. The van der Waals surface area contributed by atoms with Crippen LogP contribution in [0.1, 0.15) is 46.8 Å². The number of nitrogens with zero attached hydrogens (tertiary/aromatic N) is 4. The second-order valence-corrected chi connectivity index (χ2v) is 7.02. The van der Waals surface area contributed by atoms with Gasteiger partial charge < -0.3 is 14.7 Å². The zero-order chi connectivity index (χ0) is 18.8. The van der Waals surface area contributed by atoms with Gasteiger partial charge >= 0.3 is 0 Å². The van der Waals surface area contributed by atoms with Crippen molar-refractivity contribution >= 4 is 23.4 Å². The van der Waals surface area contributed by atoms with Crippen LogP contribution in [0.15, 0.2) is 10.7 Å². The first-order valence-corrected chi connectivity index (χ1v) is 8.92. The van der Waals surface area contributed by atoms with Gasteiger partial charge in [-0.1, -0.05) is 16.8 Å². The fraction of sp³-hybridized carbons (Fsp3) is 0.529. The van der Waals surface area contributed by atoms with Crippen LogP contribution in [0.4, 0.5) is 0 Å². The van der Waals surface area contributed by atoms with Crippen LogP contribution < -0.4 is 5.32 Å². The average molecular weight is 380 g/mol. The minimum absolute atomic E-state index is 0.0672. The Morgan fingerprint density at radius 1 is 1.42 bits per heavy atom. The Labute approximate surface area is 156 Å². The van der Waals surface area contributed by atoms with E-state index in [1.54, 1.807) is 18.1 Å². The maximum atomic E-state index is 12.4. The van der Waals surface area contributed by atoms with Crippen molar-refractivity contribution in [1.82, 2.24) is 25.2 Å². The monoisotopic (exact) mass is 379 g/mol. The van der Waals surface area contributed by atoms with Crippen LogP contribution in [0.2, 0.25) is 5.02 Å². The molecule has 1 atom stereocenters. The molecule has 0 aliphatic carbocycles. The number of hydrogen-bond acceptors (Lipinski definition) is 5. The van der Waals surface area contributed by atoms with E-state index >= 15 is 0 Å². The van der Waals surface area contributed by atoms with Gasteiger partial charge in [0.05, 0.1) is 17.3 Å². The third-order valence-electron chi connectivity index (χ3n) is 4.67. The summed E-state index contributed by atoms with van der Waals surface area (Å²) in [6.07, 6.45) is 3.22. The number of aryl methyl sites for hydroxylation is 3. The van der Waals surface area contributed by atoms with Crippen LogP contribution >= 0.6 is 11.6 Å². The molecule has 3 heterocycles. The van der Waals surface area contributed by atoms with Gasteiger partial charge in [0.15, 0.2) is 5.69 Å². The standard InChI is InChI=1S/C17H22ClN5O3/c1-10-13(11(2)26-21-10)8-23-7-6-12(4-5-15(23)24)19-17(25)16-14(18)9-22(3)20-16/h9,12H,4-8H2,1-3H3,(H,19,25). The number of nitrogens with one attached hydrogen (secondary N) is 1. The van der Waals surface area contributed by atoms with Gasteiger partial charge in [0.1, 0.15) is 5.76 Å². The molecular weight excluding hydrogens is 358 g/mol. The third kappa shape index (κ3) is 3.90. The summed E-state index contributed by atoms with van der Waals surface area (Å²) in [6, 6.07) is -0.0980. The third-order valence-corrected chi connectivity index (χ3v) is 4.95. The first kappa shape index (κ1) is 18.4. The molecule has 0 radical (unpaired) electrons. The highest BCUT2D eigenvalue weighted by Crippen LogP contribution is 2.20. The highest BCUT2D eigenvalue weighted by molar-refractivity contribution is 6.33. The van der Waals surface area contributed by atoms with E-state index in [2.05, 4.69) is 15.6 Å². The predicted octanol–water partition coefficient (Wildman–Crippen LogP) is 1.99. The lowest BCUT2D eigenvalue weighted by atomic mass is 10.1. The number of carbonyl (C=O) groups is 2. The van der Waals surface area contributed by atoms with Crippen molar-refractivity contribution in [3.05, 3.63) is 33.9 Å². The van der Waals surface area contributed by atoms with Gasteiger partial charge in [-0.15, -0.1) is 0 Å². The van der Waals surface area contributed by atoms with Gasteiger partial charge in [0.25, 0.3) is 5.91 Å². The molecule has 0 spiro atoms. The summed E-state index contributed by atoms with van der Waals surface area (Å²) in [5.41, 5.74) is 1.95. The van der Waals surface area contributed by atoms with Crippen molar-refractivity contribution < 1.29 is 14.1 Å². The summed E-state index contributed by atoms with van der Waals surface area (Å²) in [6.45, 7) is 4.75. The van der Waals surface area contributed by atoms with Crippen LogP contribution in [0.25, 0.3) is 0 Å². The highest BCUT2D eigenvalue weighted by Gasteiger charge is 2.26. The molecular formula is C17H22ClN5O3. The van der Waals surface area contributed by atoms with Crippen LogP contribution in [-0.4, -0.2) is 44.2 Å². The Morgan fingerprint density at radius 2 is 2.19 bits per heavy atom. The maximum Gasteiger partial charge on any atom is 0.273 e. The summed E-state index contributed by atoms with van der Waals surface area (Å²) < 4.78 is 6.67. The molecule has 1 aliphatic heterocycles. The topological polar surface area (TPSA) is 93.3 Å². The smallest absolute Gasteiger partial charge is 0.273 e. The van der Waals surface area contributed by atoms with Crippen molar-refractivity contribution in [1.29, 1.82) is 0 Å². The minimum Gasteiger partial charge on any atom is -0.361 e. The molecule has 0 saturated carbocycles. The average Bonchev–Trinajstić information content (AvgIpc) is 3.03. The van der Waals surface area contributed by atoms with Crippen molar-refractivity contribution in [2.45, 2.75) is 45.7 Å². The first-order chi connectivity index (χ1) is 12.3. The fourth-order valence-electron chi connectivity index (χ4n) is 3.13. The second kappa shape index (κ2) is 7.49. The molecule has 8 nitrogen and oxygen atoms in total. The number of hydrogen-bond donors (Lipinski definition) is 1. The summed E-state index contributed by atoms with van der Waals surface area (Å²) in [5, 5.41) is 11.3. The molecule has 2 amide bonds. The highest BCUT2D eigenvalue weighted by atomic mass is 35.5. The van der Waals surface area contributed by atoms with Crippen LogP contribution in [0.5, 0.6) is 0 Å². The van der Waals surface area contributed by atoms with E-state index in [9.17, 15) is 9.59 Å². The Bertz CT molecular complexity index is 809. The normalized spacial score (nSPS) is 18.1. The molecule has 1 saturated heterocycles. The minimum atomic E-state index is -0.313. The lowest BCUT2D eigenvalue weighted by Crippen LogP contribution is -2.36. The quantitative estimate of drug-likeness (QED) is 0.876. The molecule has 0 bridgehead atoms. The van der Waals surface area contributed by atoms with E-state index in [1.807, 2.05) is 13.8 Å². The van der Waals surface area contributed by atoms with Crippen molar-refractivity contribution in [2.24, 2.45) is 7.05 Å². The Morgan fingerprint density at radius 3 is 2.81 bits per heavy atom. The Hall–Kier alpha value is -2.35. The van der Waals surface area contributed by atoms with Crippen LogP contribution in [-0.2, 0) is 18.4 Å². The van der Waals surface area contributed by atoms with Crippen molar-refractivity contribution in [3.63, 3.8) is 0 Å². The van der Waals surface area contributed by atoms with Gasteiger partial charge in [-0.2, -0.15) is 5.10 Å². The molecule has 1 aliphatic rings. The maximum absolute atomic E-state index is 12.4. The number of amides is 2.